The molecule has 0 amide bonds. The van der Waals surface area contributed by atoms with Crippen LogP contribution in [0.3, 0.4) is 0 Å². The van der Waals surface area contributed by atoms with E-state index in [1.165, 1.54) is 6.33 Å². The van der Waals surface area contributed by atoms with Crippen LogP contribution in [0.5, 0.6) is 0 Å². The highest BCUT2D eigenvalue weighted by Gasteiger charge is 2.07. The van der Waals surface area contributed by atoms with Crippen molar-refractivity contribution in [2.75, 3.05) is 0 Å². The Balaban J connectivity index is 1.70. The summed E-state index contributed by atoms with van der Waals surface area (Å²) < 4.78 is 0. The minimum Gasteiger partial charge on any atom is -0.478 e. The zero-order valence-electron chi connectivity index (χ0n) is 10.7. The van der Waals surface area contributed by atoms with Crippen LogP contribution in [0.25, 0.3) is 17.2 Å². The van der Waals surface area contributed by atoms with Crippen molar-refractivity contribution < 1.29 is 9.90 Å². The molecule has 8 heteroatoms. The van der Waals surface area contributed by atoms with Gasteiger partial charge >= 0.3 is 5.97 Å². The minimum atomic E-state index is -0.945. The van der Waals surface area contributed by atoms with Crippen LogP contribution >= 0.6 is 23.1 Å². The van der Waals surface area contributed by atoms with Crippen molar-refractivity contribution in [2.24, 2.45) is 0 Å². The normalized spacial score (nSPS) is 11.4. The molecule has 0 saturated heterocycles. The van der Waals surface area contributed by atoms with E-state index in [9.17, 15) is 4.79 Å². The first kappa shape index (κ1) is 13.8. The molecule has 0 unspecified atom stereocenters. The third-order valence-electron chi connectivity index (χ3n) is 2.63. The van der Waals surface area contributed by atoms with Crippen molar-refractivity contribution in [2.45, 2.75) is 10.8 Å². The average molecular weight is 318 g/mol. The average Bonchev–Trinajstić information content (AvgIpc) is 3.12. The molecule has 21 heavy (non-hydrogen) atoms. The number of thiophene rings is 1. The van der Waals surface area contributed by atoms with E-state index in [-0.39, 0.29) is 0 Å². The third-order valence-corrected chi connectivity index (χ3v) is 4.81. The third kappa shape index (κ3) is 3.29. The molecule has 0 aliphatic rings. The smallest absolute Gasteiger partial charge is 0.328 e. The highest BCUT2D eigenvalue weighted by molar-refractivity contribution is 7.98. The van der Waals surface area contributed by atoms with Crippen molar-refractivity contribution in [1.29, 1.82) is 0 Å². The van der Waals surface area contributed by atoms with E-state index >= 15 is 0 Å². The van der Waals surface area contributed by atoms with Gasteiger partial charge in [-0.2, -0.15) is 0 Å². The number of aromatic amines is 1. The molecule has 3 heterocycles. The number of hydrogen-bond acceptors (Lipinski definition) is 6. The van der Waals surface area contributed by atoms with Crippen LogP contribution in [0.2, 0.25) is 0 Å². The Kier molecular flexibility index (Phi) is 3.98. The Morgan fingerprint density at radius 1 is 1.43 bits per heavy atom. The van der Waals surface area contributed by atoms with Crippen LogP contribution in [0.4, 0.5) is 0 Å². The number of nitrogens with zero attached hydrogens (tertiary/aromatic N) is 3. The van der Waals surface area contributed by atoms with Gasteiger partial charge in [-0.15, -0.1) is 11.3 Å². The lowest BCUT2D eigenvalue weighted by atomic mass is 10.3. The first-order valence-corrected chi connectivity index (χ1v) is 7.84. The molecule has 0 aliphatic heterocycles. The van der Waals surface area contributed by atoms with Crippen molar-refractivity contribution in [1.82, 2.24) is 19.9 Å². The van der Waals surface area contributed by atoms with Gasteiger partial charge in [-0.25, -0.2) is 19.7 Å². The monoisotopic (exact) mass is 318 g/mol. The summed E-state index contributed by atoms with van der Waals surface area (Å²) in [6.45, 7) is 0. The summed E-state index contributed by atoms with van der Waals surface area (Å²) in [5, 5.41) is 11.4. The fraction of sp³-hybridized carbons (Fsp3) is 0.0769. The number of carboxylic acid groups (broad SMARTS) is 1. The standard InChI is InChI=1S/C13H10N4O2S2/c18-10(19)2-1-8-3-9(20-4-8)5-21-13-11-12(15-6-14-11)16-7-17-13/h1-4,6-7H,5H2,(H,18,19)(H,14,15,16,17). The number of aromatic nitrogens is 4. The molecule has 3 aromatic heterocycles. The first-order chi connectivity index (χ1) is 10.2. The Morgan fingerprint density at radius 2 is 2.33 bits per heavy atom. The van der Waals surface area contributed by atoms with Gasteiger partial charge in [-0.1, -0.05) is 11.8 Å². The van der Waals surface area contributed by atoms with Gasteiger partial charge in [0.15, 0.2) is 5.65 Å². The van der Waals surface area contributed by atoms with E-state index in [4.69, 9.17) is 5.11 Å². The van der Waals surface area contributed by atoms with Gasteiger partial charge in [-0.05, 0) is 23.1 Å². The number of imidazole rings is 1. The quantitative estimate of drug-likeness (QED) is 0.427. The predicted octanol–water partition coefficient (Wildman–Crippen LogP) is 2.80. The van der Waals surface area contributed by atoms with Gasteiger partial charge < -0.3 is 10.1 Å². The summed E-state index contributed by atoms with van der Waals surface area (Å²) in [6, 6.07) is 1.97. The SMILES string of the molecule is O=C(O)C=Cc1csc(CSc2ncnc3nc[nH]c23)c1. The lowest BCUT2D eigenvalue weighted by Crippen LogP contribution is -1.86. The van der Waals surface area contributed by atoms with E-state index in [2.05, 4.69) is 19.9 Å². The van der Waals surface area contributed by atoms with Crippen LogP contribution in [0, 0.1) is 0 Å². The highest BCUT2D eigenvalue weighted by atomic mass is 32.2. The fourth-order valence-corrected chi connectivity index (χ4v) is 3.59. The molecule has 0 atom stereocenters. The van der Waals surface area contributed by atoms with Gasteiger partial charge in [-0.3, -0.25) is 0 Å². The molecule has 3 aromatic rings. The number of hydrogen-bond donors (Lipinski definition) is 2. The second-order valence-corrected chi connectivity index (χ2v) is 6.05. The number of carbonyl (C=O) groups is 1. The lowest BCUT2D eigenvalue weighted by Gasteiger charge is -1.99. The number of nitrogens with one attached hydrogen (secondary N) is 1. The van der Waals surface area contributed by atoms with Crippen LogP contribution in [0.15, 0.2) is 35.2 Å². The van der Waals surface area contributed by atoms with Gasteiger partial charge in [0.25, 0.3) is 0 Å². The largest absolute Gasteiger partial charge is 0.478 e. The number of fused-ring (bicyclic) bond motifs is 1. The lowest BCUT2D eigenvalue weighted by molar-refractivity contribution is -0.131. The van der Waals surface area contributed by atoms with E-state index in [0.29, 0.717) is 5.65 Å². The first-order valence-electron chi connectivity index (χ1n) is 5.97. The summed E-state index contributed by atoms with van der Waals surface area (Å²) in [7, 11) is 0. The van der Waals surface area contributed by atoms with E-state index in [1.54, 1.807) is 35.5 Å². The number of carboxylic acids is 1. The van der Waals surface area contributed by atoms with Crippen molar-refractivity contribution >= 4 is 46.3 Å². The second kappa shape index (κ2) is 6.06. The Labute approximate surface area is 128 Å². The molecule has 0 fully saturated rings. The Hall–Kier alpha value is -2.19. The zero-order valence-corrected chi connectivity index (χ0v) is 12.3. The molecular weight excluding hydrogens is 308 g/mol. The van der Waals surface area contributed by atoms with Crippen molar-refractivity contribution in [3.63, 3.8) is 0 Å². The zero-order chi connectivity index (χ0) is 14.7. The Bertz CT molecular complexity index is 809. The van der Waals surface area contributed by atoms with Crippen LogP contribution < -0.4 is 0 Å². The molecule has 0 aromatic carbocycles. The topological polar surface area (TPSA) is 91.8 Å². The maximum atomic E-state index is 10.5. The second-order valence-electron chi connectivity index (χ2n) is 4.09. The maximum absolute atomic E-state index is 10.5. The molecule has 6 nitrogen and oxygen atoms in total. The molecule has 0 saturated carbocycles. The van der Waals surface area contributed by atoms with Gasteiger partial charge in [0.2, 0.25) is 0 Å². The van der Waals surface area contributed by atoms with E-state index in [0.717, 1.165) is 32.8 Å². The molecule has 3 rings (SSSR count). The number of rotatable bonds is 5. The predicted molar refractivity (Wildman–Crippen MR) is 82.2 cm³/mol. The van der Waals surface area contributed by atoms with Gasteiger partial charge in [0.05, 0.1) is 6.33 Å². The minimum absolute atomic E-state index is 0.656. The molecule has 0 aliphatic carbocycles. The number of H-pyrrole nitrogens is 1. The van der Waals surface area contributed by atoms with E-state index < -0.39 is 5.97 Å². The summed E-state index contributed by atoms with van der Waals surface area (Å²) in [5.41, 5.74) is 2.39. The summed E-state index contributed by atoms with van der Waals surface area (Å²) in [4.78, 5) is 27.1. The van der Waals surface area contributed by atoms with Crippen LogP contribution in [-0.4, -0.2) is 31.0 Å². The Morgan fingerprint density at radius 3 is 3.19 bits per heavy atom. The highest BCUT2D eigenvalue weighted by Crippen LogP contribution is 2.28. The summed E-state index contributed by atoms with van der Waals surface area (Å²) >= 11 is 3.19. The van der Waals surface area contributed by atoms with Gasteiger partial charge in [0.1, 0.15) is 16.9 Å². The molecular formula is C13H10N4O2S2. The van der Waals surface area contributed by atoms with Crippen LogP contribution in [0.1, 0.15) is 10.4 Å². The summed E-state index contributed by atoms with van der Waals surface area (Å²) in [5.74, 6) is -0.184. The van der Waals surface area contributed by atoms with E-state index in [1.807, 2.05) is 11.4 Å². The van der Waals surface area contributed by atoms with Gasteiger partial charge in [0, 0.05) is 16.7 Å². The maximum Gasteiger partial charge on any atom is 0.328 e. The number of aliphatic carboxylic acids is 1. The fourth-order valence-electron chi connectivity index (χ4n) is 1.72. The molecule has 2 N–H and O–H groups in total. The summed E-state index contributed by atoms with van der Waals surface area (Å²) in [6.07, 6.45) is 5.83. The van der Waals surface area contributed by atoms with Crippen molar-refractivity contribution in [3.05, 3.63) is 40.6 Å². The van der Waals surface area contributed by atoms with Crippen molar-refractivity contribution in [3.8, 4) is 0 Å². The van der Waals surface area contributed by atoms with Crippen LogP contribution in [-0.2, 0) is 10.5 Å². The molecule has 106 valence electrons. The molecule has 0 spiro atoms. The number of thioether (sulfide) groups is 1. The molecule has 0 bridgehead atoms. The molecule has 0 radical (unpaired) electrons.